The van der Waals surface area contributed by atoms with E-state index in [4.69, 9.17) is 0 Å². The van der Waals surface area contributed by atoms with Crippen molar-refractivity contribution in [1.29, 1.82) is 0 Å². The molecule has 0 aromatic heterocycles. The van der Waals surface area contributed by atoms with E-state index >= 15 is 0 Å². The molecule has 0 radical (unpaired) electrons. The van der Waals surface area contributed by atoms with Gasteiger partial charge in [0.25, 0.3) is 0 Å². The highest BCUT2D eigenvalue weighted by Crippen LogP contribution is 2.89. The Balaban J connectivity index is 1.36. The second kappa shape index (κ2) is 7.46. The molecule has 2 nitrogen and oxygen atoms in total. The van der Waals surface area contributed by atoms with Gasteiger partial charge in [0.05, 0.1) is 6.10 Å². The molecule has 5 saturated carbocycles. The van der Waals surface area contributed by atoms with Crippen molar-refractivity contribution < 1.29 is 10.2 Å². The first kappa shape index (κ1) is 23.7. The van der Waals surface area contributed by atoms with Gasteiger partial charge in [-0.05, 0) is 121 Å². The molecule has 0 aromatic carbocycles. The Kier molecular flexibility index (Phi) is 5.51. The first-order chi connectivity index (χ1) is 15.0. The molecular formula is C30H52O2. The van der Waals surface area contributed by atoms with Crippen LogP contribution in [0.4, 0.5) is 0 Å². The summed E-state index contributed by atoms with van der Waals surface area (Å²) in [4.78, 5) is 0. The van der Waals surface area contributed by atoms with Crippen LogP contribution in [0, 0.1) is 56.7 Å². The lowest BCUT2D eigenvalue weighted by molar-refractivity contribution is -0.161. The van der Waals surface area contributed by atoms with Crippen molar-refractivity contribution in [2.45, 2.75) is 125 Å². The van der Waals surface area contributed by atoms with Crippen molar-refractivity contribution in [2.24, 2.45) is 56.7 Å². The van der Waals surface area contributed by atoms with Gasteiger partial charge in [-0.2, -0.15) is 0 Å². The lowest BCUT2D eigenvalue weighted by Crippen LogP contribution is -2.57. The summed E-state index contributed by atoms with van der Waals surface area (Å²) in [5.74, 6) is 3.82. The van der Waals surface area contributed by atoms with Gasteiger partial charge in [-0.1, -0.05) is 54.4 Å². The van der Waals surface area contributed by atoms with E-state index in [1.54, 1.807) is 0 Å². The smallest absolute Gasteiger partial charge is 0.0594 e. The summed E-state index contributed by atoms with van der Waals surface area (Å²) in [7, 11) is 0. The van der Waals surface area contributed by atoms with Crippen LogP contribution in [0.1, 0.15) is 119 Å². The van der Waals surface area contributed by atoms with Gasteiger partial charge in [-0.25, -0.2) is 0 Å². The van der Waals surface area contributed by atoms with Crippen molar-refractivity contribution in [2.75, 3.05) is 6.61 Å². The lowest BCUT2D eigenvalue weighted by atomic mass is 9.41. The highest BCUT2D eigenvalue weighted by Gasteiger charge is 2.82. The number of rotatable bonds is 6. The van der Waals surface area contributed by atoms with Gasteiger partial charge in [0.15, 0.2) is 0 Å². The summed E-state index contributed by atoms with van der Waals surface area (Å²) in [5.41, 5.74) is 2.29. The van der Waals surface area contributed by atoms with Gasteiger partial charge >= 0.3 is 0 Å². The van der Waals surface area contributed by atoms with Gasteiger partial charge in [0.1, 0.15) is 0 Å². The summed E-state index contributed by atoms with van der Waals surface area (Å²) in [6.45, 7) is 15.3. The van der Waals surface area contributed by atoms with Gasteiger partial charge < -0.3 is 10.2 Å². The predicted octanol–water partition coefficient (Wildman–Crippen LogP) is 7.22. The fourth-order valence-electron chi connectivity index (χ4n) is 11.4. The highest BCUT2D eigenvalue weighted by atomic mass is 16.3. The zero-order valence-corrected chi connectivity index (χ0v) is 22.1. The maximum Gasteiger partial charge on any atom is 0.0594 e. The second-order valence-corrected chi connectivity index (χ2v) is 14.7. The largest absolute Gasteiger partial charge is 0.396 e. The Labute approximate surface area is 198 Å². The van der Waals surface area contributed by atoms with Crippen LogP contribution in [-0.2, 0) is 0 Å². The van der Waals surface area contributed by atoms with Crippen LogP contribution in [0.2, 0.25) is 0 Å². The number of hydrogen-bond acceptors (Lipinski definition) is 2. The standard InChI is InChI=1S/C30H52O2/c1-20(18-31)8-7-9-21(2)22-12-14-28(6)24-11-10-23-26(3,4)25(32)13-15-29(23)19-30(24,29)17-16-27(22,28)5/h20-25,31-32H,7-19H2,1-6H3. The topological polar surface area (TPSA) is 40.5 Å². The SMILES string of the molecule is CC(CO)CCCC(C)C1CCC2(C)C3CCC4C(C)(C)C(O)CCC45CC35CCC12C. The minimum atomic E-state index is -0.0953. The van der Waals surface area contributed by atoms with Crippen LogP contribution < -0.4 is 0 Å². The summed E-state index contributed by atoms with van der Waals surface area (Å²) < 4.78 is 0. The van der Waals surface area contributed by atoms with Gasteiger partial charge in [-0.15, -0.1) is 0 Å². The maximum atomic E-state index is 10.8. The van der Waals surface area contributed by atoms with Crippen LogP contribution >= 0.6 is 0 Å². The molecule has 184 valence electrons. The zero-order chi connectivity index (χ0) is 23.2. The van der Waals surface area contributed by atoms with E-state index in [2.05, 4.69) is 41.5 Å². The predicted molar refractivity (Wildman–Crippen MR) is 132 cm³/mol. The molecule has 10 atom stereocenters. The summed E-state index contributed by atoms with van der Waals surface area (Å²) >= 11 is 0. The molecular weight excluding hydrogens is 392 g/mol. The van der Waals surface area contributed by atoms with E-state index < -0.39 is 0 Å². The number of aliphatic hydroxyl groups is 2. The molecule has 2 N–H and O–H groups in total. The van der Waals surface area contributed by atoms with Gasteiger partial charge in [0.2, 0.25) is 0 Å². The molecule has 32 heavy (non-hydrogen) atoms. The second-order valence-electron chi connectivity index (χ2n) is 14.7. The highest BCUT2D eigenvalue weighted by molar-refractivity contribution is 5.30. The Morgan fingerprint density at radius 3 is 2.19 bits per heavy atom. The van der Waals surface area contributed by atoms with Crippen molar-refractivity contribution in [3.8, 4) is 0 Å². The van der Waals surface area contributed by atoms with Crippen LogP contribution in [-0.4, -0.2) is 22.9 Å². The van der Waals surface area contributed by atoms with Crippen LogP contribution in [0.5, 0.6) is 0 Å². The molecule has 2 heteroatoms. The van der Waals surface area contributed by atoms with Crippen molar-refractivity contribution in [3.05, 3.63) is 0 Å². The fraction of sp³-hybridized carbons (Fsp3) is 1.00. The molecule has 5 aliphatic rings. The molecule has 0 heterocycles. The van der Waals surface area contributed by atoms with E-state index in [1.807, 2.05) is 0 Å². The molecule has 0 amide bonds. The van der Waals surface area contributed by atoms with E-state index in [9.17, 15) is 10.2 Å². The van der Waals surface area contributed by atoms with E-state index in [0.717, 1.165) is 30.1 Å². The molecule has 5 fully saturated rings. The minimum Gasteiger partial charge on any atom is -0.396 e. The van der Waals surface area contributed by atoms with E-state index in [0.29, 0.717) is 34.2 Å². The Morgan fingerprint density at radius 2 is 1.47 bits per heavy atom. The van der Waals surface area contributed by atoms with E-state index in [1.165, 1.54) is 70.6 Å². The molecule has 0 bridgehead atoms. The van der Waals surface area contributed by atoms with Crippen LogP contribution in [0.25, 0.3) is 0 Å². The molecule has 0 aromatic rings. The zero-order valence-electron chi connectivity index (χ0n) is 22.1. The van der Waals surface area contributed by atoms with Crippen LogP contribution in [0.3, 0.4) is 0 Å². The normalized spacial score (nSPS) is 52.9. The summed E-state index contributed by atoms with van der Waals surface area (Å²) in [6, 6.07) is 0. The van der Waals surface area contributed by atoms with E-state index in [-0.39, 0.29) is 11.5 Å². The minimum absolute atomic E-state index is 0.0953. The molecule has 2 spiro atoms. The molecule has 5 aliphatic carbocycles. The van der Waals surface area contributed by atoms with Crippen molar-refractivity contribution in [3.63, 3.8) is 0 Å². The van der Waals surface area contributed by atoms with Gasteiger partial charge in [-0.3, -0.25) is 0 Å². The number of aliphatic hydroxyl groups excluding tert-OH is 2. The number of hydrogen-bond donors (Lipinski definition) is 2. The average Bonchev–Trinajstić information content (AvgIpc) is 3.33. The van der Waals surface area contributed by atoms with Crippen molar-refractivity contribution >= 4 is 0 Å². The monoisotopic (exact) mass is 444 g/mol. The number of fused-ring (bicyclic) bond motifs is 2. The first-order valence-corrected chi connectivity index (χ1v) is 14.3. The molecule has 0 saturated heterocycles. The lowest BCUT2D eigenvalue weighted by Gasteiger charge is -2.63. The van der Waals surface area contributed by atoms with Gasteiger partial charge in [0, 0.05) is 6.61 Å². The Morgan fingerprint density at radius 1 is 0.781 bits per heavy atom. The average molecular weight is 445 g/mol. The first-order valence-electron chi connectivity index (χ1n) is 14.3. The molecule has 5 rings (SSSR count). The van der Waals surface area contributed by atoms with Crippen LogP contribution in [0.15, 0.2) is 0 Å². The molecule has 10 unspecified atom stereocenters. The maximum absolute atomic E-state index is 10.8. The quantitative estimate of drug-likeness (QED) is 0.454. The molecule has 0 aliphatic heterocycles. The Hall–Kier alpha value is -0.0800. The summed E-state index contributed by atoms with van der Waals surface area (Å²) in [6.07, 6.45) is 16.1. The third kappa shape index (κ3) is 2.84. The fourth-order valence-corrected chi connectivity index (χ4v) is 11.4. The third-order valence-electron chi connectivity index (χ3n) is 13.5. The summed E-state index contributed by atoms with van der Waals surface area (Å²) in [5, 5.41) is 20.2. The third-order valence-corrected chi connectivity index (χ3v) is 13.5. The van der Waals surface area contributed by atoms with Crippen molar-refractivity contribution in [1.82, 2.24) is 0 Å². The Bertz CT molecular complexity index is 730.